The number of benzene rings is 2. The molecule has 0 radical (unpaired) electrons. The Morgan fingerprint density at radius 3 is 1.36 bits per heavy atom. The minimum atomic E-state index is -0.671. The molecule has 0 saturated carbocycles. The Kier molecular flexibility index (Phi) is 6.63. The number of morpholine rings is 2. The first-order chi connectivity index (χ1) is 17.2. The number of rotatable bonds is 6. The summed E-state index contributed by atoms with van der Waals surface area (Å²) in [5.41, 5.74) is -0.234. The quantitative estimate of drug-likeness (QED) is 0.473. The van der Waals surface area contributed by atoms with E-state index in [1.54, 1.807) is 36.4 Å². The SMILES string of the molecule is CC(C)(C(=O)c1ccc2c(c1)Oc1cc(C(=O)C(C)(C)N3CCOCC3)ccc1O2)N1CCOCC1. The molecule has 3 aliphatic rings. The standard InChI is InChI=1S/C28H34N2O6/c1-27(2,29-9-13-33-14-10-29)25(31)19-5-7-21-23(17-19)36-24-18-20(6-8-22(24)35-21)26(32)28(3,4)30-11-15-34-16-12-30/h5-8,17-18H,9-16H2,1-4H3. The van der Waals surface area contributed by atoms with Crippen molar-refractivity contribution in [1.82, 2.24) is 9.80 Å². The first kappa shape index (κ1) is 24.9. The van der Waals surface area contributed by atoms with Crippen molar-refractivity contribution < 1.29 is 28.5 Å². The zero-order chi connectivity index (χ0) is 25.5. The van der Waals surface area contributed by atoms with Gasteiger partial charge in [-0.25, -0.2) is 0 Å². The molecule has 2 aromatic carbocycles. The fourth-order valence-electron chi connectivity index (χ4n) is 5.10. The molecule has 0 atom stereocenters. The first-order valence-electron chi connectivity index (χ1n) is 12.6. The van der Waals surface area contributed by atoms with Gasteiger partial charge in [-0.1, -0.05) is 0 Å². The molecule has 2 aromatic rings. The minimum absolute atomic E-state index is 0.0118. The summed E-state index contributed by atoms with van der Waals surface area (Å²) in [7, 11) is 0. The van der Waals surface area contributed by atoms with Crippen LogP contribution in [0.4, 0.5) is 0 Å². The van der Waals surface area contributed by atoms with E-state index in [1.165, 1.54) is 0 Å². The molecule has 8 nitrogen and oxygen atoms in total. The van der Waals surface area contributed by atoms with Gasteiger partial charge in [0.1, 0.15) is 0 Å². The molecule has 5 rings (SSSR count). The summed E-state index contributed by atoms with van der Waals surface area (Å²) in [5, 5.41) is 0. The van der Waals surface area contributed by atoms with E-state index >= 15 is 0 Å². The molecule has 36 heavy (non-hydrogen) atoms. The summed E-state index contributed by atoms with van der Waals surface area (Å²) in [6.07, 6.45) is 0. The molecule has 192 valence electrons. The molecule has 0 unspecified atom stereocenters. The lowest BCUT2D eigenvalue weighted by molar-refractivity contribution is -0.00442. The summed E-state index contributed by atoms with van der Waals surface area (Å²) >= 11 is 0. The Labute approximate surface area is 212 Å². The highest BCUT2D eigenvalue weighted by Crippen LogP contribution is 2.46. The van der Waals surface area contributed by atoms with Crippen molar-refractivity contribution in [3.05, 3.63) is 47.5 Å². The van der Waals surface area contributed by atoms with Gasteiger partial charge in [-0.2, -0.15) is 0 Å². The second-order valence-electron chi connectivity index (χ2n) is 10.5. The molecule has 2 saturated heterocycles. The van der Waals surface area contributed by atoms with Crippen LogP contribution in [0.1, 0.15) is 48.4 Å². The average Bonchev–Trinajstić information content (AvgIpc) is 2.91. The Hall–Kier alpha value is -2.78. The van der Waals surface area contributed by atoms with Crippen LogP contribution in [0, 0.1) is 0 Å². The number of hydrogen-bond donors (Lipinski definition) is 0. The van der Waals surface area contributed by atoms with Gasteiger partial charge in [0, 0.05) is 37.3 Å². The number of carbonyl (C=O) groups excluding carboxylic acids is 2. The van der Waals surface area contributed by atoms with E-state index in [1.807, 2.05) is 27.7 Å². The van der Waals surface area contributed by atoms with Crippen LogP contribution in [0.15, 0.2) is 36.4 Å². The largest absolute Gasteiger partial charge is 0.450 e. The number of hydrogen-bond acceptors (Lipinski definition) is 8. The van der Waals surface area contributed by atoms with Crippen molar-refractivity contribution in [2.75, 3.05) is 52.6 Å². The number of ether oxygens (including phenoxy) is 4. The highest BCUT2D eigenvalue weighted by atomic mass is 16.6. The molecule has 8 heteroatoms. The predicted molar refractivity (Wildman–Crippen MR) is 135 cm³/mol. The van der Waals surface area contributed by atoms with Crippen molar-refractivity contribution in [3.8, 4) is 23.0 Å². The third-order valence-electron chi connectivity index (χ3n) is 7.57. The lowest BCUT2D eigenvalue weighted by atomic mass is 9.90. The number of nitrogens with zero attached hydrogens (tertiary/aromatic N) is 2. The van der Waals surface area contributed by atoms with Crippen LogP contribution in [-0.4, -0.2) is 85.1 Å². The molecule has 0 amide bonds. The molecule has 2 fully saturated rings. The molecular weight excluding hydrogens is 460 g/mol. The van der Waals surface area contributed by atoms with E-state index in [0.29, 0.717) is 86.7 Å². The average molecular weight is 495 g/mol. The summed E-state index contributed by atoms with van der Waals surface area (Å²) in [5.74, 6) is 2.02. The first-order valence-corrected chi connectivity index (χ1v) is 12.6. The summed E-state index contributed by atoms with van der Waals surface area (Å²) in [6.45, 7) is 13.1. The number of Topliss-reactive ketones (excluding diaryl/α,β-unsaturated/α-hetero) is 2. The van der Waals surface area contributed by atoms with Gasteiger partial charge in [-0.3, -0.25) is 19.4 Å². The van der Waals surface area contributed by atoms with Crippen LogP contribution in [0.2, 0.25) is 0 Å². The maximum Gasteiger partial charge on any atom is 0.182 e. The highest BCUT2D eigenvalue weighted by Gasteiger charge is 2.38. The van der Waals surface area contributed by atoms with E-state index in [4.69, 9.17) is 18.9 Å². The van der Waals surface area contributed by atoms with Gasteiger partial charge < -0.3 is 18.9 Å². The molecular formula is C28H34N2O6. The molecule has 0 aliphatic carbocycles. The van der Waals surface area contributed by atoms with Crippen LogP contribution < -0.4 is 9.47 Å². The van der Waals surface area contributed by atoms with Crippen LogP contribution in [-0.2, 0) is 9.47 Å². The normalized spacial score (nSPS) is 19.0. The number of carbonyl (C=O) groups is 2. The zero-order valence-corrected chi connectivity index (χ0v) is 21.5. The topological polar surface area (TPSA) is 77.5 Å². The second-order valence-corrected chi connectivity index (χ2v) is 10.5. The van der Waals surface area contributed by atoms with Crippen LogP contribution >= 0.6 is 0 Å². The minimum Gasteiger partial charge on any atom is -0.450 e. The summed E-state index contributed by atoms with van der Waals surface area (Å²) in [4.78, 5) is 31.2. The van der Waals surface area contributed by atoms with Crippen LogP contribution in [0.5, 0.6) is 23.0 Å². The van der Waals surface area contributed by atoms with Gasteiger partial charge in [-0.15, -0.1) is 0 Å². The van der Waals surface area contributed by atoms with Crippen LogP contribution in [0.25, 0.3) is 0 Å². The van der Waals surface area contributed by atoms with E-state index in [-0.39, 0.29) is 11.6 Å². The smallest absolute Gasteiger partial charge is 0.182 e. The van der Waals surface area contributed by atoms with E-state index < -0.39 is 11.1 Å². The third-order valence-corrected chi connectivity index (χ3v) is 7.57. The lowest BCUT2D eigenvalue weighted by Crippen LogP contribution is -2.54. The molecule has 0 aromatic heterocycles. The van der Waals surface area contributed by atoms with Crippen molar-refractivity contribution in [1.29, 1.82) is 0 Å². The van der Waals surface area contributed by atoms with E-state index in [2.05, 4.69) is 9.80 Å². The number of ketones is 2. The monoisotopic (exact) mass is 494 g/mol. The van der Waals surface area contributed by atoms with Crippen molar-refractivity contribution in [2.45, 2.75) is 38.8 Å². The zero-order valence-electron chi connectivity index (χ0n) is 21.5. The summed E-state index contributed by atoms with van der Waals surface area (Å²) < 4.78 is 23.1. The molecule has 0 spiro atoms. The summed E-state index contributed by atoms with van der Waals surface area (Å²) in [6, 6.07) is 10.5. The predicted octanol–water partition coefficient (Wildman–Crippen LogP) is 4.17. The molecule has 3 heterocycles. The molecule has 0 N–H and O–H groups in total. The Balaban J connectivity index is 1.37. The second kappa shape index (κ2) is 9.59. The van der Waals surface area contributed by atoms with Crippen molar-refractivity contribution >= 4 is 11.6 Å². The van der Waals surface area contributed by atoms with Gasteiger partial charge in [0.15, 0.2) is 34.6 Å². The Bertz CT molecular complexity index is 1070. The maximum absolute atomic E-state index is 13.5. The Morgan fingerprint density at radius 2 is 0.972 bits per heavy atom. The van der Waals surface area contributed by atoms with Gasteiger partial charge in [0.25, 0.3) is 0 Å². The van der Waals surface area contributed by atoms with Gasteiger partial charge in [0.05, 0.1) is 37.5 Å². The van der Waals surface area contributed by atoms with Crippen molar-refractivity contribution in [2.24, 2.45) is 0 Å². The van der Waals surface area contributed by atoms with Gasteiger partial charge in [0.2, 0.25) is 0 Å². The number of fused-ring (bicyclic) bond motifs is 2. The van der Waals surface area contributed by atoms with Crippen LogP contribution in [0.3, 0.4) is 0 Å². The van der Waals surface area contributed by atoms with Crippen molar-refractivity contribution in [3.63, 3.8) is 0 Å². The Morgan fingerprint density at radius 1 is 0.611 bits per heavy atom. The molecule has 0 bridgehead atoms. The van der Waals surface area contributed by atoms with E-state index in [9.17, 15) is 9.59 Å². The van der Waals surface area contributed by atoms with E-state index in [0.717, 1.165) is 0 Å². The lowest BCUT2D eigenvalue weighted by Gasteiger charge is -2.39. The van der Waals surface area contributed by atoms with Gasteiger partial charge >= 0.3 is 0 Å². The fourth-order valence-corrected chi connectivity index (χ4v) is 5.10. The fraction of sp³-hybridized carbons (Fsp3) is 0.500. The maximum atomic E-state index is 13.5. The third kappa shape index (κ3) is 4.54. The molecule has 3 aliphatic heterocycles. The highest BCUT2D eigenvalue weighted by molar-refractivity contribution is 6.04. The van der Waals surface area contributed by atoms with Gasteiger partial charge in [-0.05, 0) is 64.1 Å².